The van der Waals surface area contributed by atoms with Crippen molar-refractivity contribution in [1.82, 2.24) is 14.4 Å². The van der Waals surface area contributed by atoms with Gasteiger partial charge >= 0.3 is 0 Å². The van der Waals surface area contributed by atoms with Crippen LogP contribution in [0.25, 0.3) is 17.0 Å². The number of imidazole rings is 1. The fraction of sp³-hybridized carbons (Fsp3) is 0. The minimum atomic E-state index is -4.12. The largest absolute Gasteiger partial charge is 0.291 e. The molecule has 0 atom stereocenters. The van der Waals surface area contributed by atoms with Gasteiger partial charge in [0.2, 0.25) is 5.78 Å². The lowest BCUT2D eigenvalue weighted by atomic mass is 10.1. The van der Waals surface area contributed by atoms with Gasteiger partial charge in [-0.15, -0.1) is 0 Å². The number of fused-ring (bicyclic) bond motifs is 1. The molecule has 6 nitrogen and oxygen atoms in total. The molecule has 0 aliphatic heterocycles. The van der Waals surface area contributed by atoms with Crippen LogP contribution in [-0.2, 0) is 10.0 Å². The van der Waals surface area contributed by atoms with Gasteiger partial charge in [0.1, 0.15) is 11.6 Å². The van der Waals surface area contributed by atoms with Gasteiger partial charge in [0.25, 0.3) is 10.0 Å². The average molecular weight is 386 g/mol. The highest BCUT2D eigenvalue weighted by molar-refractivity contribution is 7.92. The fourth-order valence-corrected chi connectivity index (χ4v) is 3.68. The predicted octanol–water partition coefficient (Wildman–Crippen LogP) is 3.48. The highest BCUT2D eigenvalue weighted by Crippen LogP contribution is 2.23. The van der Waals surface area contributed by atoms with Gasteiger partial charge in [0.15, 0.2) is 0 Å². The third-order valence-corrected chi connectivity index (χ3v) is 5.18. The molecule has 2 aromatic carbocycles. The normalized spacial score (nSPS) is 11.6. The summed E-state index contributed by atoms with van der Waals surface area (Å²) in [7, 11) is -4.12. The standard InChI is InChI=1S/C18H12F2N4O2S/c19-13-8-14(20)10-16(9-13)27(25,26)23-15-4-2-12(3-5-15)17-11-24-7-1-6-21-18(24)22-17/h1-11,23H. The van der Waals surface area contributed by atoms with Crippen molar-refractivity contribution >= 4 is 21.5 Å². The van der Waals surface area contributed by atoms with Crippen molar-refractivity contribution in [3.63, 3.8) is 0 Å². The Labute approximate surface area is 153 Å². The lowest BCUT2D eigenvalue weighted by Crippen LogP contribution is -2.13. The maximum Gasteiger partial charge on any atom is 0.262 e. The molecule has 4 aromatic rings. The lowest BCUT2D eigenvalue weighted by Gasteiger charge is -2.09. The molecule has 2 aromatic heterocycles. The van der Waals surface area contributed by atoms with E-state index in [1.165, 1.54) is 0 Å². The minimum Gasteiger partial charge on any atom is -0.291 e. The van der Waals surface area contributed by atoms with E-state index >= 15 is 0 Å². The Bertz CT molecular complexity index is 1180. The van der Waals surface area contributed by atoms with Crippen molar-refractivity contribution in [2.45, 2.75) is 4.90 Å². The van der Waals surface area contributed by atoms with Gasteiger partial charge in [0.05, 0.1) is 10.6 Å². The third kappa shape index (κ3) is 3.49. The van der Waals surface area contributed by atoms with E-state index in [1.54, 1.807) is 47.1 Å². The Hall–Kier alpha value is -3.33. The molecular formula is C18H12F2N4O2S. The molecule has 0 amide bonds. The molecule has 4 rings (SSSR count). The van der Waals surface area contributed by atoms with Crippen LogP contribution < -0.4 is 4.72 Å². The van der Waals surface area contributed by atoms with E-state index in [2.05, 4.69) is 14.7 Å². The van der Waals surface area contributed by atoms with Gasteiger partial charge < -0.3 is 0 Å². The predicted molar refractivity (Wildman–Crippen MR) is 95.6 cm³/mol. The number of benzene rings is 2. The highest BCUT2D eigenvalue weighted by atomic mass is 32.2. The van der Waals surface area contributed by atoms with Gasteiger partial charge in [-0.3, -0.25) is 9.12 Å². The van der Waals surface area contributed by atoms with E-state index in [-0.39, 0.29) is 5.69 Å². The van der Waals surface area contributed by atoms with Gasteiger partial charge in [-0.25, -0.2) is 27.2 Å². The van der Waals surface area contributed by atoms with Crippen molar-refractivity contribution in [2.24, 2.45) is 0 Å². The molecule has 0 unspecified atom stereocenters. The van der Waals surface area contributed by atoms with Crippen LogP contribution in [0.15, 0.2) is 72.0 Å². The summed E-state index contributed by atoms with van der Waals surface area (Å²) in [6.07, 6.45) is 5.26. The second-order valence-electron chi connectivity index (χ2n) is 5.74. The van der Waals surface area contributed by atoms with Crippen LogP contribution in [0.2, 0.25) is 0 Å². The van der Waals surface area contributed by atoms with Crippen molar-refractivity contribution < 1.29 is 17.2 Å². The molecule has 0 fully saturated rings. The first kappa shape index (κ1) is 17.1. The summed E-state index contributed by atoms with van der Waals surface area (Å²) in [4.78, 5) is 8.03. The molecule has 0 bridgehead atoms. The minimum absolute atomic E-state index is 0.255. The number of aromatic nitrogens is 3. The molecule has 0 spiro atoms. The summed E-state index contributed by atoms with van der Waals surface area (Å²) in [6, 6.07) is 10.4. The first-order valence-electron chi connectivity index (χ1n) is 7.80. The van der Waals surface area contributed by atoms with Crippen LogP contribution in [0.5, 0.6) is 0 Å². The zero-order valence-corrected chi connectivity index (χ0v) is 14.5. The molecule has 1 N–H and O–H groups in total. The number of anilines is 1. The summed E-state index contributed by atoms with van der Waals surface area (Å²) in [5.74, 6) is -1.39. The maximum absolute atomic E-state index is 13.3. The second kappa shape index (κ2) is 6.44. The number of hydrogen-bond donors (Lipinski definition) is 1. The van der Waals surface area contributed by atoms with Crippen molar-refractivity contribution in [3.05, 3.63) is 78.8 Å². The van der Waals surface area contributed by atoms with Gasteiger partial charge in [0, 0.05) is 35.9 Å². The van der Waals surface area contributed by atoms with Crippen molar-refractivity contribution in [1.29, 1.82) is 0 Å². The Morgan fingerprint density at radius 2 is 1.70 bits per heavy atom. The molecule has 0 radical (unpaired) electrons. The van der Waals surface area contributed by atoms with Gasteiger partial charge in [-0.1, -0.05) is 12.1 Å². The molecule has 0 saturated carbocycles. The SMILES string of the molecule is O=S(=O)(Nc1ccc(-c2cn3cccnc3n2)cc1)c1cc(F)cc(F)c1. The zero-order chi connectivity index (χ0) is 19.0. The number of hydrogen-bond acceptors (Lipinski definition) is 4. The Balaban J connectivity index is 1.60. The van der Waals surface area contributed by atoms with Crippen LogP contribution >= 0.6 is 0 Å². The molecule has 136 valence electrons. The average Bonchev–Trinajstić information content (AvgIpc) is 3.05. The van der Waals surface area contributed by atoms with E-state index in [4.69, 9.17) is 0 Å². The summed E-state index contributed by atoms with van der Waals surface area (Å²) >= 11 is 0. The Morgan fingerprint density at radius 3 is 2.37 bits per heavy atom. The molecule has 0 saturated heterocycles. The van der Waals surface area contributed by atoms with Crippen molar-refractivity contribution in [2.75, 3.05) is 4.72 Å². The molecule has 0 aliphatic rings. The summed E-state index contributed by atoms with van der Waals surface area (Å²) in [6.45, 7) is 0. The summed E-state index contributed by atoms with van der Waals surface area (Å²) < 4.78 is 55.2. The van der Waals surface area contributed by atoms with Gasteiger partial charge in [-0.2, -0.15) is 0 Å². The number of sulfonamides is 1. The number of nitrogens with zero attached hydrogens (tertiary/aromatic N) is 3. The molecule has 27 heavy (non-hydrogen) atoms. The monoisotopic (exact) mass is 386 g/mol. The smallest absolute Gasteiger partial charge is 0.262 e. The molecular weight excluding hydrogens is 374 g/mol. The van der Waals surface area contributed by atoms with E-state index in [0.717, 1.165) is 17.7 Å². The highest BCUT2D eigenvalue weighted by Gasteiger charge is 2.17. The number of nitrogens with one attached hydrogen (secondary N) is 1. The fourth-order valence-electron chi connectivity index (χ4n) is 2.58. The van der Waals surface area contributed by atoms with E-state index in [1.807, 2.05) is 6.20 Å². The van der Waals surface area contributed by atoms with Crippen LogP contribution in [0.1, 0.15) is 0 Å². The van der Waals surface area contributed by atoms with E-state index < -0.39 is 26.6 Å². The molecule has 0 aliphatic carbocycles. The van der Waals surface area contributed by atoms with Crippen LogP contribution in [0.4, 0.5) is 14.5 Å². The second-order valence-corrected chi connectivity index (χ2v) is 7.42. The van der Waals surface area contributed by atoms with E-state index in [9.17, 15) is 17.2 Å². The molecule has 2 heterocycles. The van der Waals surface area contributed by atoms with Crippen molar-refractivity contribution in [3.8, 4) is 11.3 Å². The summed E-state index contributed by atoms with van der Waals surface area (Å²) in [5, 5.41) is 0. The first-order chi connectivity index (χ1) is 12.9. The number of halogens is 2. The topological polar surface area (TPSA) is 76.4 Å². The Kier molecular flexibility index (Phi) is 4.08. The van der Waals surface area contributed by atoms with Crippen LogP contribution in [0.3, 0.4) is 0 Å². The maximum atomic E-state index is 13.3. The third-order valence-electron chi connectivity index (χ3n) is 3.81. The lowest BCUT2D eigenvalue weighted by molar-refractivity contribution is 0.568. The van der Waals surface area contributed by atoms with Crippen LogP contribution in [-0.4, -0.2) is 22.8 Å². The summed E-state index contributed by atoms with van der Waals surface area (Å²) in [5.41, 5.74) is 1.70. The quantitative estimate of drug-likeness (QED) is 0.583. The first-order valence-corrected chi connectivity index (χ1v) is 9.28. The zero-order valence-electron chi connectivity index (χ0n) is 13.7. The molecule has 9 heteroatoms. The van der Waals surface area contributed by atoms with E-state index in [0.29, 0.717) is 17.5 Å². The van der Waals surface area contributed by atoms with Crippen LogP contribution in [0, 0.1) is 11.6 Å². The Morgan fingerprint density at radius 1 is 1.00 bits per heavy atom. The number of rotatable bonds is 4. The van der Waals surface area contributed by atoms with Gasteiger partial charge in [-0.05, 0) is 30.3 Å².